The molecular weight excluding hydrogens is 280 g/mol. The number of benzene rings is 2. The number of ether oxygens (including phenoxy) is 1. The van der Waals surface area contributed by atoms with Crippen LogP contribution in [0.2, 0.25) is 0 Å². The smallest absolute Gasteiger partial charge is 0.259 e. The Morgan fingerprint density at radius 1 is 1.09 bits per heavy atom. The molecule has 0 bridgehead atoms. The topological polar surface area (TPSA) is 81.4 Å². The summed E-state index contributed by atoms with van der Waals surface area (Å²) >= 11 is 0. The minimum Gasteiger partial charge on any atom is -0.493 e. The van der Waals surface area contributed by atoms with Gasteiger partial charge in [0.25, 0.3) is 5.91 Å². The van der Waals surface area contributed by atoms with Gasteiger partial charge in [0.15, 0.2) is 0 Å². The predicted octanol–water partition coefficient (Wildman–Crippen LogP) is 2.37. The predicted molar refractivity (Wildman–Crippen MR) is 84.9 cm³/mol. The summed E-state index contributed by atoms with van der Waals surface area (Å²) in [6, 6.07) is 14.1. The SMILES string of the molecule is CCOc1ccccc1C(=O)Nc1ccccc1CC(N)=O. The van der Waals surface area contributed by atoms with Crippen LogP contribution in [0.5, 0.6) is 5.75 Å². The Labute approximate surface area is 129 Å². The van der Waals surface area contributed by atoms with Crippen LogP contribution in [0, 0.1) is 0 Å². The molecule has 0 unspecified atom stereocenters. The van der Waals surface area contributed by atoms with Gasteiger partial charge in [-0.3, -0.25) is 9.59 Å². The Morgan fingerprint density at radius 3 is 2.50 bits per heavy atom. The minimum atomic E-state index is -0.448. The molecule has 0 saturated heterocycles. The van der Waals surface area contributed by atoms with Crippen molar-refractivity contribution in [1.29, 1.82) is 0 Å². The van der Waals surface area contributed by atoms with Crippen LogP contribution in [0.4, 0.5) is 5.69 Å². The summed E-state index contributed by atoms with van der Waals surface area (Å²) in [5, 5.41) is 2.80. The average Bonchev–Trinajstić information content (AvgIpc) is 2.49. The third-order valence-corrected chi connectivity index (χ3v) is 3.06. The van der Waals surface area contributed by atoms with E-state index in [-0.39, 0.29) is 12.3 Å². The van der Waals surface area contributed by atoms with Crippen LogP contribution in [-0.4, -0.2) is 18.4 Å². The van der Waals surface area contributed by atoms with Crippen molar-refractivity contribution in [3.8, 4) is 5.75 Å². The van der Waals surface area contributed by atoms with Gasteiger partial charge >= 0.3 is 0 Å². The zero-order valence-electron chi connectivity index (χ0n) is 12.3. The second-order valence-corrected chi connectivity index (χ2v) is 4.68. The van der Waals surface area contributed by atoms with Crippen molar-refractivity contribution < 1.29 is 14.3 Å². The summed E-state index contributed by atoms with van der Waals surface area (Å²) in [6.07, 6.45) is 0.0730. The number of nitrogens with two attached hydrogens (primary N) is 1. The molecule has 0 aliphatic heterocycles. The van der Waals surface area contributed by atoms with Gasteiger partial charge in [0.1, 0.15) is 5.75 Å². The molecule has 0 aliphatic rings. The van der Waals surface area contributed by atoms with Crippen LogP contribution < -0.4 is 15.8 Å². The van der Waals surface area contributed by atoms with Crippen LogP contribution in [0.15, 0.2) is 48.5 Å². The number of amides is 2. The molecular formula is C17H18N2O3. The van der Waals surface area contributed by atoms with Crippen LogP contribution in [0.3, 0.4) is 0 Å². The molecule has 0 spiro atoms. The van der Waals surface area contributed by atoms with Crippen molar-refractivity contribution in [2.45, 2.75) is 13.3 Å². The van der Waals surface area contributed by atoms with Crippen LogP contribution in [0.1, 0.15) is 22.8 Å². The molecule has 114 valence electrons. The number of para-hydroxylation sites is 2. The zero-order chi connectivity index (χ0) is 15.9. The molecule has 22 heavy (non-hydrogen) atoms. The molecule has 2 aromatic rings. The molecule has 5 heteroatoms. The van der Waals surface area contributed by atoms with E-state index in [1.807, 2.05) is 13.0 Å². The van der Waals surface area contributed by atoms with Gasteiger partial charge in [-0.05, 0) is 30.7 Å². The summed E-state index contributed by atoms with van der Waals surface area (Å²) in [5.74, 6) is -0.215. The van der Waals surface area contributed by atoms with E-state index in [0.29, 0.717) is 29.2 Å². The molecule has 5 nitrogen and oxygen atoms in total. The van der Waals surface area contributed by atoms with Crippen LogP contribution in [0.25, 0.3) is 0 Å². The molecule has 0 aliphatic carbocycles. The normalized spacial score (nSPS) is 10.0. The first-order valence-electron chi connectivity index (χ1n) is 7.01. The highest BCUT2D eigenvalue weighted by atomic mass is 16.5. The van der Waals surface area contributed by atoms with Gasteiger partial charge in [0, 0.05) is 5.69 Å². The Hall–Kier alpha value is -2.82. The van der Waals surface area contributed by atoms with Gasteiger partial charge in [-0.1, -0.05) is 30.3 Å². The molecule has 3 N–H and O–H groups in total. The van der Waals surface area contributed by atoms with Crippen molar-refractivity contribution in [2.24, 2.45) is 5.73 Å². The number of nitrogens with one attached hydrogen (secondary N) is 1. The largest absolute Gasteiger partial charge is 0.493 e. The number of primary amides is 1. The van der Waals surface area contributed by atoms with E-state index in [1.165, 1.54) is 0 Å². The van der Waals surface area contributed by atoms with E-state index >= 15 is 0 Å². The quantitative estimate of drug-likeness (QED) is 0.859. The minimum absolute atomic E-state index is 0.0730. The third kappa shape index (κ3) is 3.85. The van der Waals surface area contributed by atoms with Crippen LogP contribution >= 0.6 is 0 Å². The molecule has 0 aromatic heterocycles. The fraction of sp³-hybridized carbons (Fsp3) is 0.176. The van der Waals surface area contributed by atoms with Crippen LogP contribution in [-0.2, 0) is 11.2 Å². The first-order chi connectivity index (χ1) is 10.6. The summed E-state index contributed by atoms with van der Waals surface area (Å²) in [7, 11) is 0. The van der Waals surface area contributed by atoms with Gasteiger partial charge in [-0.25, -0.2) is 0 Å². The van der Waals surface area contributed by atoms with Gasteiger partial charge in [0.2, 0.25) is 5.91 Å². The first kappa shape index (κ1) is 15.6. The van der Waals surface area contributed by atoms with E-state index in [9.17, 15) is 9.59 Å². The zero-order valence-corrected chi connectivity index (χ0v) is 12.3. The maximum atomic E-state index is 12.4. The van der Waals surface area contributed by atoms with Crippen molar-refractivity contribution in [3.05, 3.63) is 59.7 Å². The fourth-order valence-corrected chi connectivity index (χ4v) is 2.11. The third-order valence-electron chi connectivity index (χ3n) is 3.06. The van der Waals surface area contributed by atoms with Crippen molar-refractivity contribution in [3.63, 3.8) is 0 Å². The number of hydrogen-bond donors (Lipinski definition) is 2. The maximum Gasteiger partial charge on any atom is 0.259 e. The summed E-state index contributed by atoms with van der Waals surface area (Å²) in [4.78, 5) is 23.5. The maximum absolute atomic E-state index is 12.4. The van der Waals surface area contributed by atoms with E-state index in [0.717, 1.165) is 0 Å². The van der Waals surface area contributed by atoms with E-state index in [4.69, 9.17) is 10.5 Å². The van der Waals surface area contributed by atoms with Crippen molar-refractivity contribution >= 4 is 17.5 Å². The molecule has 0 atom stereocenters. The Bertz CT molecular complexity index is 683. The Morgan fingerprint density at radius 2 is 1.77 bits per heavy atom. The highest BCUT2D eigenvalue weighted by Gasteiger charge is 2.14. The average molecular weight is 298 g/mol. The summed E-state index contributed by atoms with van der Waals surface area (Å²) in [6.45, 7) is 2.33. The number of carbonyl (C=O) groups excluding carboxylic acids is 2. The standard InChI is InChI=1S/C17H18N2O3/c1-2-22-15-10-6-4-8-13(15)17(21)19-14-9-5-3-7-12(14)11-16(18)20/h3-10H,2,11H2,1H3,(H2,18,20)(H,19,21). The number of carbonyl (C=O) groups is 2. The Balaban J connectivity index is 2.24. The number of anilines is 1. The van der Waals surface area contributed by atoms with Crippen molar-refractivity contribution in [2.75, 3.05) is 11.9 Å². The van der Waals surface area contributed by atoms with E-state index in [1.54, 1.807) is 42.5 Å². The second-order valence-electron chi connectivity index (χ2n) is 4.68. The monoisotopic (exact) mass is 298 g/mol. The lowest BCUT2D eigenvalue weighted by Gasteiger charge is -2.12. The molecule has 0 heterocycles. The van der Waals surface area contributed by atoms with E-state index < -0.39 is 5.91 Å². The Kier molecular flexibility index (Phi) is 5.14. The van der Waals surface area contributed by atoms with Gasteiger partial charge in [-0.2, -0.15) is 0 Å². The van der Waals surface area contributed by atoms with E-state index in [2.05, 4.69) is 5.32 Å². The number of rotatable bonds is 6. The molecule has 0 saturated carbocycles. The lowest BCUT2D eigenvalue weighted by molar-refractivity contribution is -0.117. The number of hydrogen-bond acceptors (Lipinski definition) is 3. The molecule has 2 amide bonds. The van der Waals surface area contributed by atoms with Crippen molar-refractivity contribution in [1.82, 2.24) is 0 Å². The summed E-state index contributed by atoms with van der Waals surface area (Å²) in [5.41, 5.74) is 6.92. The molecule has 0 fully saturated rings. The lowest BCUT2D eigenvalue weighted by Crippen LogP contribution is -2.18. The summed E-state index contributed by atoms with van der Waals surface area (Å²) < 4.78 is 5.46. The molecule has 2 rings (SSSR count). The highest BCUT2D eigenvalue weighted by molar-refractivity contribution is 6.06. The van der Waals surface area contributed by atoms with Gasteiger partial charge in [0.05, 0.1) is 18.6 Å². The first-order valence-corrected chi connectivity index (χ1v) is 7.01. The fourth-order valence-electron chi connectivity index (χ4n) is 2.11. The highest BCUT2D eigenvalue weighted by Crippen LogP contribution is 2.21. The molecule has 2 aromatic carbocycles. The lowest BCUT2D eigenvalue weighted by atomic mass is 10.1. The molecule has 0 radical (unpaired) electrons. The second kappa shape index (κ2) is 7.26. The van der Waals surface area contributed by atoms with Gasteiger partial charge < -0.3 is 15.8 Å². The van der Waals surface area contributed by atoms with Gasteiger partial charge in [-0.15, -0.1) is 0 Å².